The Balaban J connectivity index is 3.47. The van der Waals surface area contributed by atoms with E-state index in [0.717, 1.165) is 0 Å². The van der Waals surface area contributed by atoms with Crippen molar-refractivity contribution in [3.63, 3.8) is 0 Å². The standard InChI is InChI=1S/C4H6BrF3O/c5-3(2-9)1-4(6,7)8/h3,9H,1-2H2. The normalized spacial score (nSPS) is 15.7. The minimum atomic E-state index is -4.18. The van der Waals surface area contributed by atoms with E-state index in [1.54, 1.807) is 0 Å². The van der Waals surface area contributed by atoms with Gasteiger partial charge < -0.3 is 5.11 Å². The van der Waals surface area contributed by atoms with Crippen LogP contribution in [0, 0.1) is 0 Å². The molecule has 0 bridgehead atoms. The third-order valence-electron chi connectivity index (χ3n) is 0.651. The molecular formula is C4H6BrF3O. The van der Waals surface area contributed by atoms with Crippen LogP contribution in [0.15, 0.2) is 0 Å². The van der Waals surface area contributed by atoms with E-state index in [1.165, 1.54) is 0 Å². The van der Waals surface area contributed by atoms with Gasteiger partial charge in [0.25, 0.3) is 0 Å². The molecule has 0 aliphatic rings. The van der Waals surface area contributed by atoms with Gasteiger partial charge in [0.05, 0.1) is 13.0 Å². The van der Waals surface area contributed by atoms with Gasteiger partial charge in [0.15, 0.2) is 0 Å². The summed E-state index contributed by atoms with van der Waals surface area (Å²) < 4.78 is 34.1. The van der Waals surface area contributed by atoms with Crippen LogP contribution in [0.3, 0.4) is 0 Å². The van der Waals surface area contributed by atoms with E-state index in [9.17, 15) is 13.2 Å². The van der Waals surface area contributed by atoms with E-state index in [2.05, 4.69) is 15.9 Å². The second-order valence-corrected chi connectivity index (χ2v) is 2.89. The fourth-order valence-corrected chi connectivity index (χ4v) is 0.683. The average molecular weight is 207 g/mol. The summed E-state index contributed by atoms with van der Waals surface area (Å²) in [7, 11) is 0. The first-order valence-corrected chi connectivity index (χ1v) is 3.19. The second-order valence-electron chi connectivity index (χ2n) is 1.60. The first-order chi connectivity index (χ1) is 3.95. The van der Waals surface area contributed by atoms with Gasteiger partial charge in [-0.15, -0.1) is 0 Å². The number of aliphatic hydroxyl groups excluding tert-OH is 1. The quantitative estimate of drug-likeness (QED) is 0.683. The molecule has 1 unspecified atom stereocenters. The number of halogens is 4. The van der Waals surface area contributed by atoms with Crippen LogP contribution in [-0.2, 0) is 0 Å². The van der Waals surface area contributed by atoms with E-state index < -0.39 is 24.0 Å². The molecule has 0 aromatic rings. The number of hydrogen-bond donors (Lipinski definition) is 1. The van der Waals surface area contributed by atoms with Gasteiger partial charge >= 0.3 is 6.18 Å². The lowest BCUT2D eigenvalue weighted by atomic mass is 10.3. The summed E-state index contributed by atoms with van der Waals surface area (Å²) in [5, 5.41) is 8.15. The largest absolute Gasteiger partial charge is 0.395 e. The molecule has 0 heterocycles. The summed E-state index contributed by atoms with van der Waals surface area (Å²) in [6.07, 6.45) is -5.17. The molecule has 5 heteroatoms. The highest BCUT2D eigenvalue weighted by atomic mass is 79.9. The van der Waals surface area contributed by atoms with Crippen LogP contribution in [0.4, 0.5) is 13.2 Å². The van der Waals surface area contributed by atoms with E-state index in [0.29, 0.717) is 0 Å². The second kappa shape index (κ2) is 3.41. The first kappa shape index (κ1) is 9.23. The predicted molar refractivity (Wildman–Crippen MR) is 30.5 cm³/mol. The lowest BCUT2D eigenvalue weighted by molar-refractivity contribution is -0.135. The summed E-state index contributed by atoms with van der Waals surface area (Å²) >= 11 is 2.64. The zero-order chi connectivity index (χ0) is 7.49. The zero-order valence-corrected chi connectivity index (χ0v) is 6.04. The van der Waals surface area contributed by atoms with Crippen LogP contribution in [0.1, 0.15) is 6.42 Å². The van der Waals surface area contributed by atoms with Gasteiger partial charge in [-0.3, -0.25) is 0 Å². The monoisotopic (exact) mass is 206 g/mol. The minimum Gasteiger partial charge on any atom is -0.395 e. The van der Waals surface area contributed by atoms with Crippen LogP contribution >= 0.6 is 15.9 Å². The Bertz CT molecular complexity index is 82.4. The van der Waals surface area contributed by atoms with Crippen molar-refractivity contribution in [3.05, 3.63) is 0 Å². The fraction of sp³-hybridized carbons (Fsp3) is 1.00. The fourth-order valence-electron chi connectivity index (χ4n) is 0.316. The van der Waals surface area contributed by atoms with Gasteiger partial charge in [0, 0.05) is 4.83 Å². The SMILES string of the molecule is OCC(Br)CC(F)(F)F. The number of hydrogen-bond acceptors (Lipinski definition) is 1. The van der Waals surface area contributed by atoms with E-state index in [-0.39, 0.29) is 0 Å². The van der Waals surface area contributed by atoms with Gasteiger partial charge in [-0.1, -0.05) is 15.9 Å². The molecule has 0 fully saturated rings. The van der Waals surface area contributed by atoms with E-state index in [4.69, 9.17) is 5.11 Å². The third-order valence-corrected chi connectivity index (χ3v) is 1.26. The number of rotatable bonds is 2. The highest BCUT2D eigenvalue weighted by Gasteiger charge is 2.30. The molecule has 9 heavy (non-hydrogen) atoms. The lowest BCUT2D eigenvalue weighted by Crippen LogP contribution is -2.17. The highest BCUT2D eigenvalue weighted by Crippen LogP contribution is 2.24. The molecule has 0 aliphatic carbocycles. The molecule has 1 nitrogen and oxygen atoms in total. The van der Waals surface area contributed by atoms with Crippen LogP contribution in [-0.4, -0.2) is 22.7 Å². The minimum absolute atomic E-state index is 0.487. The third kappa shape index (κ3) is 6.11. The average Bonchev–Trinajstić information content (AvgIpc) is 1.62. The smallest absolute Gasteiger partial charge is 0.390 e. The Hall–Kier alpha value is 0.230. The molecule has 1 N–H and O–H groups in total. The molecule has 0 aliphatic heterocycles. The summed E-state index contributed by atoms with van der Waals surface area (Å²) in [5.74, 6) is 0. The molecular weight excluding hydrogens is 201 g/mol. The summed E-state index contributed by atoms with van der Waals surface area (Å²) in [4.78, 5) is -0.863. The predicted octanol–water partition coefficient (Wildman–Crippen LogP) is 1.69. The molecule has 56 valence electrons. The Morgan fingerprint density at radius 1 is 1.44 bits per heavy atom. The van der Waals surface area contributed by atoms with Gasteiger partial charge in [0.1, 0.15) is 0 Å². The molecule has 0 spiro atoms. The maximum absolute atomic E-state index is 11.4. The lowest BCUT2D eigenvalue weighted by Gasteiger charge is -2.08. The van der Waals surface area contributed by atoms with Crippen LogP contribution in [0.25, 0.3) is 0 Å². The van der Waals surface area contributed by atoms with Crippen molar-refractivity contribution in [2.45, 2.75) is 17.4 Å². The van der Waals surface area contributed by atoms with Crippen LogP contribution < -0.4 is 0 Å². The molecule has 0 aromatic heterocycles. The van der Waals surface area contributed by atoms with Crippen molar-refractivity contribution in [2.75, 3.05) is 6.61 Å². The van der Waals surface area contributed by atoms with Crippen molar-refractivity contribution >= 4 is 15.9 Å². The van der Waals surface area contributed by atoms with Crippen LogP contribution in [0.5, 0.6) is 0 Å². The Kier molecular flexibility index (Phi) is 3.50. The molecule has 0 saturated heterocycles. The molecule has 0 aromatic carbocycles. The van der Waals surface area contributed by atoms with E-state index in [1.807, 2.05) is 0 Å². The molecule has 0 saturated carbocycles. The Labute approximate surface area is 59.0 Å². The topological polar surface area (TPSA) is 20.2 Å². The Morgan fingerprint density at radius 2 is 1.89 bits per heavy atom. The van der Waals surface area contributed by atoms with Crippen molar-refractivity contribution < 1.29 is 18.3 Å². The van der Waals surface area contributed by atoms with Gasteiger partial charge in [0.2, 0.25) is 0 Å². The zero-order valence-electron chi connectivity index (χ0n) is 4.45. The molecule has 0 rings (SSSR count). The summed E-state index contributed by atoms with van der Waals surface area (Å²) in [6.45, 7) is -0.487. The van der Waals surface area contributed by atoms with Crippen molar-refractivity contribution in [1.82, 2.24) is 0 Å². The van der Waals surface area contributed by atoms with Crippen molar-refractivity contribution in [3.8, 4) is 0 Å². The van der Waals surface area contributed by atoms with E-state index >= 15 is 0 Å². The molecule has 0 amide bonds. The molecule has 1 atom stereocenters. The van der Waals surface area contributed by atoms with Gasteiger partial charge in [-0.2, -0.15) is 13.2 Å². The summed E-state index contributed by atoms with van der Waals surface area (Å²) in [6, 6.07) is 0. The number of alkyl halides is 4. The summed E-state index contributed by atoms with van der Waals surface area (Å²) in [5.41, 5.74) is 0. The Morgan fingerprint density at radius 3 is 2.00 bits per heavy atom. The highest BCUT2D eigenvalue weighted by molar-refractivity contribution is 9.09. The van der Waals surface area contributed by atoms with Gasteiger partial charge in [-0.05, 0) is 0 Å². The van der Waals surface area contributed by atoms with Crippen molar-refractivity contribution in [2.24, 2.45) is 0 Å². The maximum atomic E-state index is 11.4. The molecule has 0 radical (unpaired) electrons. The van der Waals surface area contributed by atoms with Gasteiger partial charge in [-0.25, -0.2) is 0 Å². The van der Waals surface area contributed by atoms with Crippen LogP contribution in [0.2, 0.25) is 0 Å². The van der Waals surface area contributed by atoms with Crippen molar-refractivity contribution in [1.29, 1.82) is 0 Å². The number of aliphatic hydroxyl groups is 1. The maximum Gasteiger partial charge on any atom is 0.390 e. The first-order valence-electron chi connectivity index (χ1n) is 2.27.